The molecule has 1 heterocycles. The van der Waals surface area contributed by atoms with Gasteiger partial charge in [-0.15, -0.1) is 13.2 Å². The molecule has 1 aromatic carbocycles. The van der Waals surface area contributed by atoms with Crippen molar-refractivity contribution in [1.29, 1.82) is 10.7 Å². The van der Waals surface area contributed by atoms with Gasteiger partial charge < -0.3 is 20.9 Å². The van der Waals surface area contributed by atoms with Crippen LogP contribution < -0.4 is 16.4 Å². The molecule has 1 aliphatic carbocycles. The van der Waals surface area contributed by atoms with Gasteiger partial charge in [-0.25, -0.2) is 4.39 Å². The number of amidine groups is 1. The molecule has 35 heavy (non-hydrogen) atoms. The van der Waals surface area contributed by atoms with Gasteiger partial charge in [0, 0.05) is 37.1 Å². The van der Waals surface area contributed by atoms with Gasteiger partial charge in [-0.2, -0.15) is 5.26 Å². The number of nitrogens with zero attached hydrogens (tertiary/aromatic N) is 2. The van der Waals surface area contributed by atoms with Crippen LogP contribution in [0.15, 0.2) is 40.9 Å². The van der Waals surface area contributed by atoms with Gasteiger partial charge in [0.15, 0.2) is 4.90 Å². The number of anilines is 1. The van der Waals surface area contributed by atoms with Crippen molar-refractivity contribution in [2.45, 2.75) is 54.3 Å². The molecular formula is C22H26F4N6O2S. The molecule has 190 valence electrons. The highest BCUT2D eigenvalue weighted by molar-refractivity contribution is 7.92. The van der Waals surface area contributed by atoms with Crippen molar-refractivity contribution >= 4 is 28.6 Å². The number of amides is 1. The molecule has 0 spiro atoms. The van der Waals surface area contributed by atoms with E-state index in [1.54, 1.807) is 0 Å². The second-order valence-electron chi connectivity index (χ2n) is 8.52. The van der Waals surface area contributed by atoms with E-state index in [-0.39, 0.29) is 29.3 Å². The van der Waals surface area contributed by atoms with Crippen LogP contribution in [0.5, 0.6) is 0 Å². The average Bonchev–Trinajstić information content (AvgIpc) is 3.24. The summed E-state index contributed by atoms with van der Waals surface area (Å²) in [5.74, 6) is -1.71. The number of rotatable bonds is 7. The third kappa shape index (κ3) is 6.87. The van der Waals surface area contributed by atoms with Crippen LogP contribution in [-0.4, -0.2) is 58.0 Å². The second kappa shape index (κ2) is 11.3. The number of nitrogens with one attached hydrogen (secondary N) is 3. The van der Waals surface area contributed by atoms with E-state index in [1.807, 2.05) is 0 Å². The molecule has 5 N–H and O–H groups in total. The van der Waals surface area contributed by atoms with Crippen molar-refractivity contribution in [2.24, 2.45) is 11.7 Å². The van der Waals surface area contributed by atoms with E-state index in [0.29, 0.717) is 32.4 Å². The monoisotopic (exact) mass is 514 g/mol. The van der Waals surface area contributed by atoms with Crippen LogP contribution in [0.3, 0.4) is 0 Å². The Labute approximate surface area is 203 Å². The molecule has 3 rings (SSSR count). The molecule has 3 unspecified atom stereocenters. The Morgan fingerprint density at radius 1 is 1.29 bits per heavy atom. The quantitative estimate of drug-likeness (QED) is 0.145. The van der Waals surface area contributed by atoms with Gasteiger partial charge in [0.2, 0.25) is 0 Å². The van der Waals surface area contributed by atoms with E-state index >= 15 is 0 Å². The summed E-state index contributed by atoms with van der Waals surface area (Å²) in [6, 6.07) is 6.50. The number of likely N-dealkylation sites (tertiary alicyclic amines) is 1. The normalized spacial score (nSPS) is 26.6. The van der Waals surface area contributed by atoms with Crippen LogP contribution in [0.25, 0.3) is 0 Å². The summed E-state index contributed by atoms with van der Waals surface area (Å²) < 4.78 is 62.7. The second-order valence-corrected chi connectivity index (χ2v) is 9.99. The molecule has 1 saturated carbocycles. The number of alkyl halides is 4. The van der Waals surface area contributed by atoms with E-state index in [4.69, 9.17) is 11.1 Å². The third-order valence-corrected chi connectivity index (χ3v) is 7.31. The topological polar surface area (TPSA) is 141 Å². The third-order valence-electron chi connectivity index (χ3n) is 6.19. The molecule has 0 radical (unpaired) electrons. The first-order valence-corrected chi connectivity index (χ1v) is 12.1. The molecule has 0 aromatic heterocycles. The van der Waals surface area contributed by atoms with Gasteiger partial charge in [0.25, 0.3) is 5.91 Å². The minimum absolute atomic E-state index is 0.118. The van der Waals surface area contributed by atoms with Gasteiger partial charge in [0.05, 0.1) is 28.7 Å². The fourth-order valence-electron chi connectivity index (χ4n) is 4.36. The van der Waals surface area contributed by atoms with Gasteiger partial charge >= 0.3 is 5.51 Å². The predicted octanol–water partition coefficient (Wildman–Crippen LogP) is 2.77. The van der Waals surface area contributed by atoms with Crippen LogP contribution >= 0.6 is 0 Å². The van der Waals surface area contributed by atoms with Crippen LogP contribution in [0.1, 0.15) is 25.7 Å². The summed E-state index contributed by atoms with van der Waals surface area (Å²) >= 11 is -3.18. The zero-order valence-corrected chi connectivity index (χ0v) is 19.5. The molecule has 5 atom stereocenters. The number of hydrogen-bond acceptors (Lipinski definition) is 6. The SMILES string of the molecule is N#CC1CC(N2CC[C@@H](F)C2)CC[C@@H]1N/C=C(\C(=N)Nc1ccc([S+]([O-])C(F)(F)F)cc1)C(N)=O. The highest BCUT2D eigenvalue weighted by Gasteiger charge is 2.46. The van der Waals surface area contributed by atoms with Crippen molar-refractivity contribution in [1.82, 2.24) is 10.2 Å². The van der Waals surface area contributed by atoms with Crippen molar-refractivity contribution < 1.29 is 26.9 Å². The lowest BCUT2D eigenvalue weighted by molar-refractivity contribution is -0.114. The molecule has 1 amide bonds. The number of nitriles is 1. The molecule has 1 aliphatic heterocycles. The molecular weight excluding hydrogens is 488 g/mol. The highest BCUT2D eigenvalue weighted by Crippen LogP contribution is 2.32. The van der Waals surface area contributed by atoms with Crippen LogP contribution in [0.2, 0.25) is 0 Å². The van der Waals surface area contributed by atoms with Gasteiger partial charge in [-0.1, -0.05) is 0 Å². The Morgan fingerprint density at radius 2 is 1.97 bits per heavy atom. The summed E-state index contributed by atoms with van der Waals surface area (Å²) in [4.78, 5) is 13.6. The fourth-order valence-corrected chi connectivity index (χ4v) is 5.01. The van der Waals surface area contributed by atoms with Crippen LogP contribution in [0.4, 0.5) is 23.2 Å². The van der Waals surface area contributed by atoms with Crippen molar-refractivity contribution in [3.63, 3.8) is 0 Å². The van der Waals surface area contributed by atoms with E-state index in [2.05, 4.69) is 21.6 Å². The molecule has 2 aliphatic rings. The summed E-state index contributed by atoms with van der Waals surface area (Å²) in [6.07, 6.45) is 2.84. The van der Waals surface area contributed by atoms with E-state index in [9.17, 15) is 32.2 Å². The van der Waals surface area contributed by atoms with Crippen LogP contribution in [-0.2, 0) is 16.0 Å². The number of nitrogens with two attached hydrogens (primary N) is 1. The summed E-state index contributed by atoms with van der Waals surface area (Å²) in [5, 5.41) is 23.4. The van der Waals surface area contributed by atoms with E-state index in [1.165, 1.54) is 18.3 Å². The first-order chi connectivity index (χ1) is 16.5. The average molecular weight is 515 g/mol. The van der Waals surface area contributed by atoms with Crippen molar-refractivity contribution in [2.75, 3.05) is 18.4 Å². The Bertz CT molecular complexity index is 997. The molecule has 2 fully saturated rings. The highest BCUT2D eigenvalue weighted by atomic mass is 32.2. The zero-order valence-electron chi connectivity index (χ0n) is 18.6. The number of hydrogen-bond donors (Lipinski definition) is 4. The number of primary amides is 1. The maximum absolute atomic E-state index is 13.5. The van der Waals surface area contributed by atoms with Crippen molar-refractivity contribution in [3.05, 3.63) is 36.0 Å². The Morgan fingerprint density at radius 3 is 2.51 bits per heavy atom. The number of benzene rings is 1. The molecule has 1 saturated heterocycles. The summed E-state index contributed by atoms with van der Waals surface area (Å²) in [5.41, 5.74) is 0.490. The van der Waals surface area contributed by atoms with Gasteiger partial charge in [0.1, 0.15) is 12.0 Å². The minimum Gasteiger partial charge on any atom is -0.604 e. The summed E-state index contributed by atoms with van der Waals surface area (Å²) in [6.45, 7) is 1.05. The standard InChI is InChI=1S/C22H26F4N6O2S/c23-14-7-8-32(12-14)16-3-6-19(13(9-16)10-27)30-11-18(21(29)33)20(28)31-15-1-4-17(5-2-15)35(34)22(24,25)26/h1-2,4-5,11,13-14,16,19,30H,3,6-9,12H2,(H2,28,31)(H2,29,33)/b18-11+/t13?,14-,16?,19+,35?/m1/s1. The maximum atomic E-state index is 13.5. The largest absolute Gasteiger partial charge is 0.604 e. The zero-order chi connectivity index (χ0) is 25.8. The number of carbonyl (C=O) groups excluding carboxylic acids is 1. The first kappa shape index (κ1) is 26.8. The van der Waals surface area contributed by atoms with E-state index in [0.717, 1.165) is 18.6 Å². The molecule has 0 bridgehead atoms. The Hall–Kier alpha value is -2.82. The lowest BCUT2D eigenvalue weighted by Gasteiger charge is -2.37. The number of carbonyl (C=O) groups is 1. The van der Waals surface area contributed by atoms with Gasteiger partial charge in [-0.05, 0) is 49.9 Å². The lowest BCUT2D eigenvalue weighted by Crippen LogP contribution is -2.45. The number of halogens is 4. The smallest absolute Gasteiger partial charge is 0.578 e. The fraction of sp³-hybridized carbons (Fsp3) is 0.500. The Kier molecular flexibility index (Phi) is 8.63. The Balaban J connectivity index is 1.62. The lowest BCUT2D eigenvalue weighted by atomic mass is 9.81. The summed E-state index contributed by atoms with van der Waals surface area (Å²) in [7, 11) is 0. The minimum atomic E-state index is -4.89. The van der Waals surface area contributed by atoms with Crippen molar-refractivity contribution in [3.8, 4) is 6.07 Å². The molecule has 8 nitrogen and oxygen atoms in total. The predicted molar refractivity (Wildman–Crippen MR) is 122 cm³/mol. The maximum Gasteiger partial charge on any atom is 0.578 e. The molecule has 1 aromatic rings. The van der Waals surface area contributed by atoms with Crippen LogP contribution in [0, 0.1) is 22.7 Å². The molecule has 13 heteroatoms. The van der Waals surface area contributed by atoms with E-state index < -0.39 is 39.5 Å². The van der Waals surface area contributed by atoms with Gasteiger partial charge in [-0.3, -0.25) is 15.1 Å². The first-order valence-electron chi connectivity index (χ1n) is 11.0.